The van der Waals surface area contributed by atoms with E-state index in [1.807, 2.05) is 36.4 Å². The number of carbonyl (C=O) groups excluding carboxylic acids is 2. The number of carbonyl (C=O) groups is 2. The van der Waals surface area contributed by atoms with Crippen molar-refractivity contribution in [3.05, 3.63) is 66.5 Å². The Kier molecular flexibility index (Phi) is 10.1. The van der Waals surface area contributed by atoms with Crippen LogP contribution in [0.5, 0.6) is 5.75 Å². The molecule has 9 heteroatoms. The lowest BCUT2D eigenvalue weighted by Gasteiger charge is -2.60. The highest BCUT2D eigenvalue weighted by molar-refractivity contribution is 5.96. The number of esters is 1. The van der Waals surface area contributed by atoms with Gasteiger partial charge in [-0.15, -0.1) is 0 Å². The predicted molar refractivity (Wildman–Crippen MR) is 172 cm³/mol. The fourth-order valence-corrected chi connectivity index (χ4v) is 6.62. The van der Waals surface area contributed by atoms with Gasteiger partial charge in [0.25, 0.3) is 5.91 Å². The molecule has 3 aliphatic rings. The van der Waals surface area contributed by atoms with Crippen LogP contribution >= 0.6 is 0 Å². The lowest BCUT2D eigenvalue weighted by Crippen LogP contribution is -2.53. The van der Waals surface area contributed by atoms with E-state index in [9.17, 15) is 9.59 Å². The van der Waals surface area contributed by atoms with Crippen molar-refractivity contribution in [1.29, 1.82) is 0 Å². The number of nitrogens with zero attached hydrogens (tertiary/aromatic N) is 3. The Balaban J connectivity index is 1.05. The van der Waals surface area contributed by atoms with Crippen molar-refractivity contribution >= 4 is 23.5 Å². The summed E-state index contributed by atoms with van der Waals surface area (Å²) in [6.07, 6.45) is 7.06. The van der Waals surface area contributed by atoms with E-state index >= 15 is 0 Å². The number of anilines is 2. The summed E-state index contributed by atoms with van der Waals surface area (Å²) in [5.74, 6) is 2.47. The molecule has 3 fully saturated rings. The fourth-order valence-electron chi connectivity index (χ4n) is 6.62. The van der Waals surface area contributed by atoms with Gasteiger partial charge in [0, 0.05) is 35.8 Å². The summed E-state index contributed by atoms with van der Waals surface area (Å²) in [7, 11) is 0. The summed E-state index contributed by atoms with van der Waals surface area (Å²) >= 11 is 0. The summed E-state index contributed by atoms with van der Waals surface area (Å²) < 4.78 is 11.4. The number of benzene rings is 2. The summed E-state index contributed by atoms with van der Waals surface area (Å²) in [6.45, 7) is 12.9. The quantitative estimate of drug-likeness (QED) is 0.219. The molecule has 234 valence electrons. The van der Waals surface area contributed by atoms with Crippen LogP contribution < -0.4 is 15.4 Å². The highest BCUT2D eigenvalue weighted by atomic mass is 16.5. The molecule has 3 unspecified atom stereocenters. The number of amides is 1. The molecule has 6 rings (SSSR count). The number of nitrogens with one attached hydrogen (secondary N) is 2. The largest absolute Gasteiger partial charge is 0.492 e. The SMILES string of the molecule is CCN(CC)CCOc1ccc(Nc2ncc(-c3ccc(C(=O)NCC(=O)OCC4CCC5CC4C5(C)C)cc3)cn2)cc1. The van der Waals surface area contributed by atoms with Gasteiger partial charge in [0.2, 0.25) is 5.95 Å². The average Bonchev–Trinajstić information content (AvgIpc) is 3.06. The number of ether oxygens (including phenoxy) is 2. The van der Waals surface area contributed by atoms with Gasteiger partial charge in [0.15, 0.2) is 0 Å². The third-order valence-electron chi connectivity index (χ3n) is 9.67. The van der Waals surface area contributed by atoms with Gasteiger partial charge in [-0.05, 0) is 97.5 Å². The molecule has 2 bridgehead atoms. The number of hydrogen-bond donors (Lipinski definition) is 2. The maximum absolute atomic E-state index is 12.6. The molecule has 9 nitrogen and oxygen atoms in total. The van der Waals surface area contributed by atoms with Crippen LogP contribution in [0.15, 0.2) is 60.9 Å². The average molecular weight is 600 g/mol. The Bertz CT molecular complexity index is 1390. The van der Waals surface area contributed by atoms with Crippen molar-refractivity contribution in [2.45, 2.75) is 47.0 Å². The van der Waals surface area contributed by atoms with E-state index in [1.54, 1.807) is 24.5 Å². The minimum Gasteiger partial charge on any atom is -0.492 e. The summed E-state index contributed by atoms with van der Waals surface area (Å²) in [6, 6.07) is 14.9. The second kappa shape index (κ2) is 14.2. The predicted octanol–water partition coefficient (Wildman–Crippen LogP) is 5.95. The molecule has 3 aromatic rings. The van der Waals surface area contributed by atoms with Gasteiger partial charge >= 0.3 is 5.97 Å². The minimum absolute atomic E-state index is 0.140. The van der Waals surface area contributed by atoms with Crippen molar-refractivity contribution in [3.63, 3.8) is 0 Å². The second-order valence-corrected chi connectivity index (χ2v) is 12.5. The lowest BCUT2D eigenvalue weighted by molar-refractivity contribution is -0.154. The van der Waals surface area contributed by atoms with Crippen LogP contribution in [0.25, 0.3) is 11.1 Å². The van der Waals surface area contributed by atoms with Crippen molar-refractivity contribution in [3.8, 4) is 16.9 Å². The van der Waals surface area contributed by atoms with Crippen LogP contribution in [0.4, 0.5) is 11.6 Å². The van der Waals surface area contributed by atoms with Gasteiger partial charge in [0.05, 0.1) is 6.61 Å². The third kappa shape index (κ3) is 7.56. The third-order valence-corrected chi connectivity index (χ3v) is 9.67. The molecule has 2 N–H and O–H groups in total. The van der Waals surface area contributed by atoms with Crippen molar-refractivity contribution in [2.24, 2.45) is 23.2 Å². The van der Waals surface area contributed by atoms with Gasteiger partial charge in [-0.3, -0.25) is 9.59 Å². The molecule has 3 saturated carbocycles. The Hall–Kier alpha value is -3.98. The van der Waals surface area contributed by atoms with E-state index in [0.717, 1.165) is 54.5 Å². The first-order valence-electron chi connectivity index (χ1n) is 15.8. The molecule has 0 spiro atoms. The smallest absolute Gasteiger partial charge is 0.325 e. The zero-order valence-electron chi connectivity index (χ0n) is 26.3. The van der Waals surface area contributed by atoms with Gasteiger partial charge in [-0.25, -0.2) is 9.97 Å². The van der Waals surface area contributed by atoms with Crippen molar-refractivity contribution in [2.75, 3.05) is 44.7 Å². The molecule has 3 atom stereocenters. The fraction of sp³-hybridized carbons (Fsp3) is 0.486. The normalized spacial score (nSPS) is 20.0. The van der Waals surface area contributed by atoms with Crippen molar-refractivity contribution < 1.29 is 19.1 Å². The van der Waals surface area contributed by atoms with Crippen LogP contribution in [0, 0.1) is 23.2 Å². The summed E-state index contributed by atoms with van der Waals surface area (Å²) in [5, 5.41) is 5.89. The van der Waals surface area contributed by atoms with Gasteiger partial charge < -0.3 is 25.0 Å². The van der Waals surface area contributed by atoms with Gasteiger partial charge in [-0.2, -0.15) is 0 Å². The molecular formula is C35H45N5O4. The van der Waals surface area contributed by atoms with E-state index < -0.39 is 5.97 Å². The maximum Gasteiger partial charge on any atom is 0.325 e. The summed E-state index contributed by atoms with van der Waals surface area (Å²) in [5.41, 5.74) is 3.40. The Morgan fingerprint density at radius 1 is 0.955 bits per heavy atom. The zero-order valence-corrected chi connectivity index (χ0v) is 26.3. The first kappa shape index (κ1) is 31.4. The molecule has 1 amide bonds. The lowest BCUT2D eigenvalue weighted by atomic mass is 9.46. The maximum atomic E-state index is 12.6. The molecule has 2 aromatic carbocycles. The Morgan fingerprint density at radius 3 is 2.30 bits per heavy atom. The molecule has 0 radical (unpaired) electrons. The second-order valence-electron chi connectivity index (χ2n) is 12.5. The zero-order chi connectivity index (χ0) is 31.1. The Morgan fingerprint density at radius 2 is 1.66 bits per heavy atom. The van der Waals surface area contributed by atoms with Gasteiger partial charge in [0.1, 0.15) is 18.9 Å². The summed E-state index contributed by atoms with van der Waals surface area (Å²) in [4.78, 5) is 36.2. The minimum atomic E-state index is -0.393. The monoisotopic (exact) mass is 599 g/mol. The topological polar surface area (TPSA) is 106 Å². The number of rotatable bonds is 14. The van der Waals surface area contributed by atoms with E-state index in [4.69, 9.17) is 9.47 Å². The standard InChI is InChI=1S/C35H45N5O4/c1-5-40(6-2)17-18-43-30-15-13-29(14-16-30)39-34-37-20-27(21-38-34)24-7-9-25(10-8-24)33(42)36-22-32(41)44-23-26-11-12-28-19-31(26)35(28,3)4/h7-10,13-16,20-21,26,28,31H,5-6,11-12,17-19,22-23H2,1-4H3,(H,36,42)(H,37,38,39). The molecule has 0 saturated heterocycles. The molecule has 44 heavy (non-hydrogen) atoms. The van der Waals surface area contributed by atoms with Crippen molar-refractivity contribution in [1.82, 2.24) is 20.2 Å². The highest BCUT2D eigenvalue weighted by Gasteiger charge is 2.54. The van der Waals surface area contributed by atoms with E-state index in [1.165, 1.54) is 12.8 Å². The Labute approximate surface area is 260 Å². The van der Waals surface area contributed by atoms with E-state index in [-0.39, 0.29) is 12.5 Å². The number of fused-ring (bicyclic) bond motifs is 2. The molecule has 3 aliphatic carbocycles. The molecule has 1 heterocycles. The van der Waals surface area contributed by atoms with Gasteiger partial charge in [-0.1, -0.05) is 39.8 Å². The number of aromatic nitrogens is 2. The highest BCUT2D eigenvalue weighted by Crippen LogP contribution is 2.61. The number of hydrogen-bond acceptors (Lipinski definition) is 8. The van der Waals surface area contributed by atoms with Crippen LogP contribution in [0.2, 0.25) is 0 Å². The first-order chi connectivity index (χ1) is 21.3. The van der Waals surface area contributed by atoms with E-state index in [0.29, 0.717) is 42.0 Å². The molecule has 0 aliphatic heterocycles. The van der Waals surface area contributed by atoms with E-state index in [2.05, 4.69) is 53.2 Å². The van der Waals surface area contributed by atoms with Crippen LogP contribution in [0.1, 0.15) is 57.3 Å². The number of likely N-dealkylation sites (N-methyl/N-ethyl adjacent to an activating group) is 1. The van der Waals surface area contributed by atoms with Crippen LogP contribution in [0.3, 0.4) is 0 Å². The molecule has 1 aromatic heterocycles. The first-order valence-corrected chi connectivity index (χ1v) is 15.8. The van der Waals surface area contributed by atoms with Crippen LogP contribution in [-0.4, -0.2) is 66.1 Å². The molecular weight excluding hydrogens is 554 g/mol. The van der Waals surface area contributed by atoms with Crippen LogP contribution in [-0.2, 0) is 9.53 Å².